The highest BCUT2D eigenvalue weighted by Gasteiger charge is 2.42. The Morgan fingerprint density at radius 2 is 2.19 bits per heavy atom. The summed E-state index contributed by atoms with van der Waals surface area (Å²) in [5.41, 5.74) is 10.6. The van der Waals surface area contributed by atoms with Crippen LogP contribution in [0.25, 0.3) is 0 Å². The molecule has 1 aliphatic carbocycles. The minimum absolute atomic E-state index is 0.352. The second kappa shape index (κ2) is 5.15. The number of amides is 1. The molecule has 0 aliphatic heterocycles. The molecular formula is C12H25N3O. The Morgan fingerprint density at radius 3 is 2.56 bits per heavy atom. The minimum atomic E-state index is -0.772. The summed E-state index contributed by atoms with van der Waals surface area (Å²) in [6, 6.07) is 0.961. The fourth-order valence-corrected chi connectivity index (χ4v) is 2.72. The zero-order valence-electron chi connectivity index (χ0n) is 10.7. The Kier molecular flexibility index (Phi) is 4.33. The Labute approximate surface area is 98.3 Å². The molecule has 3 unspecified atom stereocenters. The molecule has 4 heteroatoms. The van der Waals surface area contributed by atoms with E-state index in [1.807, 2.05) is 0 Å². The molecule has 94 valence electrons. The molecule has 4 nitrogen and oxygen atoms in total. The monoisotopic (exact) mass is 227 g/mol. The SMILES string of the molecule is CCC(C)N(CC)C1CCC(N)(C(N)=O)C1. The van der Waals surface area contributed by atoms with Gasteiger partial charge < -0.3 is 11.5 Å². The van der Waals surface area contributed by atoms with Crippen LogP contribution in [0.1, 0.15) is 46.5 Å². The molecular weight excluding hydrogens is 202 g/mol. The van der Waals surface area contributed by atoms with Crippen molar-refractivity contribution in [3.63, 3.8) is 0 Å². The third-order valence-electron chi connectivity index (χ3n) is 4.01. The van der Waals surface area contributed by atoms with Crippen molar-refractivity contribution in [2.24, 2.45) is 11.5 Å². The number of primary amides is 1. The summed E-state index contributed by atoms with van der Waals surface area (Å²) in [5.74, 6) is -0.352. The van der Waals surface area contributed by atoms with Crippen LogP contribution in [0.5, 0.6) is 0 Å². The molecule has 0 radical (unpaired) electrons. The lowest BCUT2D eigenvalue weighted by Crippen LogP contribution is -2.51. The smallest absolute Gasteiger partial charge is 0.237 e. The minimum Gasteiger partial charge on any atom is -0.368 e. The van der Waals surface area contributed by atoms with Crippen LogP contribution in [0, 0.1) is 0 Å². The molecule has 0 saturated heterocycles. The van der Waals surface area contributed by atoms with Crippen molar-refractivity contribution in [3.05, 3.63) is 0 Å². The number of carbonyl (C=O) groups excluding carboxylic acids is 1. The van der Waals surface area contributed by atoms with Crippen LogP contribution in [0.2, 0.25) is 0 Å². The summed E-state index contributed by atoms with van der Waals surface area (Å²) in [5, 5.41) is 0. The third-order valence-corrected chi connectivity index (χ3v) is 4.01. The van der Waals surface area contributed by atoms with Crippen molar-refractivity contribution in [1.29, 1.82) is 0 Å². The van der Waals surface area contributed by atoms with Crippen LogP contribution >= 0.6 is 0 Å². The summed E-state index contributed by atoms with van der Waals surface area (Å²) in [4.78, 5) is 13.7. The van der Waals surface area contributed by atoms with Gasteiger partial charge in [0.05, 0.1) is 5.54 Å². The third kappa shape index (κ3) is 2.55. The number of nitrogens with two attached hydrogens (primary N) is 2. The molecule has 16 heavy (non-hydrogen) atoms. The molecule has 0 aromatic carbocycles. The second-order valence-electron chi connectivity index (χ2n) is 5.00. The topological polar surface area (TPSA) is 72.3 Å². The Morgan fingerprint density at radius 1 is 1.56 bits per heavy atom. The van der Waals surface area contributed by atoms with Crippen molar-refractivity contribution < 1.29 is 4.79 Å². The maximum Gasteiger partial charge on any atom is 0.237 e. The fourth-order valence-electron chi connectivity index (χ4n) is 2.72. The quantitative estimate of drug-likeness (QED) is 0.731. The van der Waals surface area contributed by atoms with Crippen LogP contribution in [0.4, 0.5) is 0 Å². The summed E-state index contributed by atoms with van der Waals surface area (Å²) < 4.78 is 0. The van der Waals surface area contributed by atoms with Gasteiger partial charge in [0.25, 0.3) is 0 Å². The standard InChI is InChI=1S/C12H25N3O/c1-4-9(3)15(5-2)10-6-7-12(14,8-10)11(13)16/h9-10H,4-8,14H2,1-3H3,(H2,13,16). The van der Waals surface area contributed by atoms with E-state index < -0.39 is 5.54 Å². The van der Waals surface area contributed by atoms with Crippen LogP contribution < -0.4 is 11.5 Å². The van der Waals surface area contributed by atoms with Gasteiger partial charge in [0.1, 0.15) is 0 Å². The van der Waals surface area contributed by atoms with Crippen molar-refractivity contribution in [1.82, 2.24) is 4.90 Å². The lowest BCUT2D eigenvalue weighted by molar-refractivity contribution is -0.123. The number of rotatable bonds is 5. The van der Waals surface area contributed by atoms with Crippen molar-refractivity contribution in [2.75, 3.05) is 6.54 Å². The molecule has 1 saturated carbocycles. The van der Waals surface area contributed by atoms with Crippen LogP contribution in [0.3, 0.4) is 0 Å². The number of hydrogen-bond donors (Lipinski definition) is 2. The van der Waals surface area contributed by atoms with Gasteiger partial charge in [-0.15, -0.1) is 0 Å². The Hall–Kier alpha value is -0.610. The van der Waals surface area contributed by atoms with Gasteiger partial charge in [0, 0.05) is 12.1 Å². The van der Waals surface area contributed by atoms with E-state index in [2.05, 4.69) is 25.7 Å². The Balaban J connectivity index is 2.67. The molecule has 1 fully saturated rings. The average molecular weight is 227 g/mol. The summed E-state index contributed by atoms with van der Waals surface area (Å²) in [7, 11) is 0. The van der Waals surface area contributed by atoms with E-state index in [0.29, 0.717) is 18.5 Å². The van der Waals surface area contributed by atoms with E-state index in [1.54, 1.807) is 0 Å². The summed E-state index contributed by atoms with van der Waals surface area (Å²) in [6.07, 6.45) is 3.54. The lowest BCUT2D eigenvalue weighted by atomic mass is 9.98. The van der Waals surface area contributed by atoms with Crippen molar-refractivity contribution in [3.8, 4) is 0 Å². The number of carbonyl (C=O) groups is 1. The zero-order chi connectivity index (χ0) is 12.3. The number of hydrogen-bond acceptors (Lipinski definition) is 3. The lowest BCUT2D eigenvalue weighted by Gasteiger charge is -2.33. The van der Waals surface area contributed by atoms with E-state index in [4.69, 9.17) is 11.5 Å². The summed E-state index contributed by atoms with van der Waals surface area (Å²) >= 11 is 0. The maximum absolute atomic E-state index is 11.3. The second-order valence-corrected chi connectivity index (χ2v) is 5.00. The highest BCUT2D eigenvalue weighted by molar-refractivity contribution is 5.84. The van der Waals surface area contributed by atoms with Gasteiger partial charge in [-0.05, 0) is 39.2 Å². The van der Waals surface area contributed by atoms with Crippen molar-refractivity contribution in [2.45, 2.75) is 64.1 Å². The van der Waals surface area contributed by atoms with Crippen LogP contribution in [-0.4, -0.2) is 35.0 Å². The van der Waals surface area contributed by atoms with Crippen LogP contribution in [-0.2, 0) is 4.79 Å². The van der Waals surface area contributed by atoms with Gasteiger partial charge in [0.15, 0.2) is 0 Å². The molecule has 1 rings (SSSR count). The molecule has 0 spiro atoms. The maximum atomic E-state index is 11.3. The molecule has 1 aliphatic rings. The number of nitrogens with zero attached hydrogens (tertiary/aromatic N) is 1. The summed E-state index contributed by atoms with van der Waals surface area (Å²) in [6.45, 7) is 7.58. The van der Waals surface area contributed by atoms with Gasteiger partial charge >= 0.3 is 0 Å². The molecule has 0 heterocycles. The van der Waals surface area contributed by atoms with Crippen molar-refractivity contribution >= 4 is 5.91 Å². The van der Waals surface area contributed by atoms with Gasteiger partial charge in [-0.1, -0.05) is 13.8 Å². The predicted octanol–water partition coefficient (Wildman–Crippen LogP) is 0.842. The molecule has 0 aromatic rings. The van der Waals surface area contributed by atoms with Gasteiger partial charge in [-0.3, -0.25) is 9.69 Å². The zero-order valence-corrected chi connectivity index (χ0v) is 10.7. The highest BCUT2D eigenvalue weighted by Crippen LogP contribution is 2.32. The van der Waals surface area contributed by atoms with E-state index in [1.165, 1.54) is 0 Å². The molecule has 1 amide bonds. The predicted molar refractivity (Wildman–Crippen MR) is 65.9 cm³/mol. The van der Waals surface area contributed by atoms with Gasteiger partial charge in [0.2, 0.25) is 5.91 Å². The molecule has 4 N–H and O–H groups in total. The normalized spacial score (nSPS) is 31.9. The molecule has 0 aromatic heterocycles. The van der Waals surface area contributed by atoms with E-state index in [0.717, 1.165) is 25.8 Å². The van der Waals surface area contributed by atoms with E-state index in [-0.39, 0.29) is 5.91 Å². The molecule has 3 atom stereocenters. The van der Waals surface area contributed by atoms with Crippen LogP contribution in [0.15, 0.2) is 0 Å². The largest absolute Gasteiger partial charge is 0.368 e. The highest BCUT2D eigenvalue weighted by atomic mass is 16.1. The van der Waals surface area contributed by atoms with Gasteiger partial charge in [-0.2, -0.15) is 0 Å². The molecule has 0 bridgehead atoms. The van der Waals surface area contributed by atoms with E-state index >= 15 is 0 Å². The Bertz CT molecular complexity index is 257. The first kappa shape index (κ1) is 13.5. The first-order chi connectivity index (χ1) is 7.44. The first-order valence-corrected chi connectivity index (χ1v) is 6.29. The van der Waals surface area contributed by atoms with E-state index in [9.17, 15) is 4.79 Å². The first-order valence-electron chi connectivity index (χ1n) is 6.29. The van der Waals surface area contributed by atoms with Gasteiger partial charge in [-0.25, -0.2) is 0 Å². The fraction of sp³-hybridized carbons (Fsp3) is 0.917. The average Bonchev–Trinajstić information content (AvgIpc) is 2.63.